The molecule has 0 saturated carbocycles. The Bertz CT molecular complexity index is 1350. The number of allylic oxidation sites excluding steroid dienone is 1. The van der Waals surface area contributed by atoms with E-state index in [-0.39, 0.29) is 43.2 Å². The van der Waals surface area contributed by atoms with Crippen molar-refractivity contribution in [2.75, 3.05) is 13.2 Å². The van der Waals surface area contributed by atoms with Crippen LogP contribution in [0.4, 0.5) is 4.79 Å². The van der Waals surface area contributed by atoms with E-state index in [1.807, 2.05) is 64.1 Å². The van der Waals surface area contributed by atoms with Gasteiger partial charge >= 0.3 is 6.09 Å². The molecule has 1 aliphatic heterocycles. The van der Waals surface area contributed by atoms with Gasteiger partial charge in [-0.1, -0.05) is 91.0 Å². The van der Waals surface area contributed by atoms with Gasteiger partial charge in [0.2, 0.25) is 29.5 Å². The Labute approximate surface area is 308 Å². The average molecular weight is 729 g/mol. The zero-order valence-electron chi connectivity index (χ0n) is 31.7. The summed E-state index contributed by atoms with van der Waals surface area (Å²) in [5, 5.41) is 27.8. The molecule has 14 heteroatoms. The van der Waals surface area contributed by atoms with Crippen LogP contribution in [0.2, 0.25) is 0 Å². The minimum absolute atomic E-state index is 0.0185. The number of benzene rings is 1. The summed E-state index contributed by atoms with van der Waals surface area (Å²) < 4.78 is 5.21. The predicted molar refractivity (Wildman–Crippen MR) is 197 cm³/mol. The molecule has 1 heterocycles. The van der Waals surface area contributed by atoms with Gasteiger partial charge in [0.1, 0.15) is 18.1 Å². The van der Waals surface area contributed by atoms with E-state index in [2.05, 4.69) is 31.9 Å². The molecule has 0 radical (unpaired) electrons. The molecule has 0 aromatic heterocycles. The summed E-state index contributed by atoms with van der Waals surface area (Å²) >= 11 is 0. The highest BCUT2D eigenvalue weighted by molar-refractivity contribution is 5.94. The van der Waals surface area contributed by atoms with E-state index in [4.69, 9.17) is 4.74 Å². The summed E-state index contributed by atoms with van der Waals surface area (Å²) in [7, 11) is 0. The highest BCUT2D eigenvalue weighted by atomic mass is 16.5. The molecular weight excluding hydrogens is 668 g/mol. The number of aliphatic hydroxyl groups excluding tert-OH is 1. The van der Waals surface area contributed by atoms with E-state index < -0.39 is 72.3 Å². The van der Waals surface area contributed by atoms with Crippen molar-refractivity contribution in [1.29, 1.82) is 0 Å². The van der Waals surface area contributed by atoms with Crippen molar-refractivity contribution in [2.24, 2.45) is 23.7 Å². The molecule has 52 heavy (non-hydrogen) atoms. The van der Waals surface area contributed by atoms with E-state index in [1.165, 1.54) is 0 Å². The highest BCUT2D eigenvalue weighted by Gasteiger charge is 2.34. The van der Waals surface area contributed by atoms with Gasteiger partial charge in [-0.05, 0) is 49.0 Å². The Kier molecular flexibility index (Phi) is 18.9. The maximum atomic E-state index is 13.8. The lowest BCUT2D eigenvalue weighted by atomic mass is 9.91. The van der Waals surface area contributed by atoms with Crippen LogP contribution in [0.5, 0.6) is 0 Å². The second-order valence-corrected chi connectivity index (χ2v) is 14.6. The molecule has 0 spiro atoms. The Morgan fingerprint density at radius 1 is 0.904 bits per heavy atom. The van der Waals surface area contributed by atoms with Crippen molar-refractivity contribution in [3.05, 3.63) is 48.0 Å². The van der Waals surface area contributed by atoms with Crippen molar-refractivity contribution >= 4 is 35.6 Å². The molecule has 14 nitrogen and oxygen atoms in total. The van der Waals surface area contributed by atoms with Gasteiger partial charge in [0.05, 0.1) is 25.2 Å². The fourth-order valence-corrected chi connectivity index (χ4v) is 5.63. The fraction of sp³-hybridized carbons (Fsp3) is 0.632. The third-order valence-corrected chi connectivity index (χ3v) is 8.69. The molecule has 1 aromatic carbocycles. The Morgan fingerprint density at radius 3 is 2.23 bits per heavy atom. The van der Waals surface area contributed by atoms with Crippen molar-refractivity contribution < 1.29 is 38.6 Å². The van der Waals surface area contributed by atoms with Crippen molar-refractivity contribution in [1.82, 2.24) is 31.9 Å². The molecule has 1 aromatic rings. The van der Waals surface area contributed by atoms with E-state index in [9.17, 15) is 33.9 Å². The van der Waals surface area contributed by atoms with Gasteiger partial charge in [-0.15, -0.1) is 0 Å². The van der Waals surface area contributed by atoms with Crippen LogP contribution in [0.3, 0.4) is 0 Å². The first-order chi connectivity index (χ1) is 24.6. The van der Waals surface area contributed by atoms with Crippen LogP contribution in [0, 0.1) is 23.7 Å². The number of hydrogen-bond donors (Lipinski definition) is 7. The second kappa shape index (κ2) is 22.5. The number of amides is 6. The minimum Gasteiger partial charge on any atom is -0.450 e. The number of nitrogens with one attached hydrogen (secondary N) is 6. The van der Waals surface area contributed by atoms with Crippen LogP contribution in [0.15, 0.2) is 42.5 Å². The van der Waals surface area contributed by atoms with E-state index in [0.29, 0.717) is 25.8 Å². The van der Waals surface area contributed by atoms with E-state index in [0.717, 1.165) is 5.56 Å². The lowest BCUT2D eigenvalue weighted by molar-refractivity contribution is -0.134. The van der Waals surface area contributed by atoms with Crippen molar-refractivity contribution in [2.45, 2.75) is 117 Å². The summed E-state index contributed by atoms with van der Waals surface area (Å²) in [4.78, 5) is 78.8. The third-order valence-electron chi connectivity index (χ3n) is 8.69. The normalized spacial score (nSPS) is 20.7. The van der Waals surface area contributed by atoms with Crippen LogP contribution < -0.4 is 31.9 Å². The maximum Gasteiger partial charge on any atom is 0.407 e. The highest BCUT2D eigenvalue weighted by Crippen LogP contribution is 2.17. The number of carbonyl (C=O) groups is 6. The summed E-state index contributed by atoms with van der Waals surface area (Å²) in [6.45, 7) is 13.2. The van der Waals surface area contributed by atoms with Crippen LogP contribution in [-0.2, 0) is 35.3 Å². The number of rotatable bonds is 14. The standard InChI is InChI=1S/C38H60N6O8/c1-23(2)19-28(30(45)20-26(7)34(47)43-32(24(3)4)36(49)40-22-27-15-11-10-12-16-27)41-35(48)29-21-31(46)39-17-13-8-9-14-18-52-38(51)44-33(25(5)6)37(50)42-29/h8,10-13,15-16,23-26,28-30,32-33,45H,9,14,17-22H2,1-7H3,(H,39,46)(H,40,49)(H,41,48)(H,42,50)(H,43,47)(H,44,51)/b13-8-/t26-,28+,29+,30+,32+,33+/m1/s1. The molecule has 6 atom stereocenters. The first kappa shape index (κ1) is 43.7. The van der Waals surface area contributed by atoms with E-state index in [1.54, 1.807) is 26.8 Å². The molecule has 0 fully saturated rings. The quantitative estimate of drug-likeness (QED) is 0.142. The molecule has 0 aliphatic carbocycles. The minimum atomic E-state index is -1.34. The van der Waals surface area contributed by atoms with Gasteiger partial charge in [-0.2, -0.15) is 0 Å². The molecule has 6 amide bonds. The SMILES string of the molecule is CC(C)C[C@H](NC(=O)[C@@H]1CC(=O)NC/C=C\CCCOC(=O)N[C@@H](C(C)C)C(=O)N1)[C@@H](O)C[C@@H](C)C(=O)N[C@H](C(=O)NCc1ccccc1)C(C)C. The van der Waals surface area contributed by atoms with Crippen molar-refractivity contribution in [3.63, 3.8) is 0 Å². The summed E-state index contributed by atoms with van der Waals surface area (Å²) in [5.41, 5.74) is 0.922. The summed E-state index contributed by atoms with van der Waals surface area (Å²) in [6.07, 6.45) is 2.72. The topological polar surface area (TPSA) is 204 Å². The Hall–Kier alpha value is -4.46. The third kappa shape index (κ3) is 15.8. The smallest absolute Gasteiger partial charge is 0.407 e. The van der Waals surface area contributed by atoms with Crippen LogP contribution >= 0.6 is 0 Å². The van der Waals surface area contributed by atoms with Crippen LogP contribution in [0.25, 0.3) is 0 Å². The molecule has 0 saturated heterocycles. The second-order valence-electron chi connectivity index (χ2n) is 14.6. The number of hydrogen-bond acceptors (Lipinski definition) is 8. The molecule has 7 N–H and O–H groups in total. The number of alkyl carbamates (subject to hydrolysis) is 1. The van der Waals surface area contributed by atoms with Gasteiger partial charge < -0.3 is 41.7 Å². The molecule has 290 valence electrons. The van der Waals surface area contributed by atoms with Gasteiger partial charge in [-0.3, -0.25) is 24.0 Å². The first-order valence-corrected chi connectivity index (χ1v) is 18.3. The van der Waals surface area contributed by atoms with Crippen LogP contribution in [0.1, 0.15) is 86.1 Å². The molecular formula is C38H60N6O8. The monoisotopic (exact) mass is 728 g/mol. The predicted octanol–water partition coefficient (Wildman–Crippen LogP) is 2.45. The summed E-state index contributed by atoms with van der Waals surface area (Å²) in [6, 6.07) is 5.39. The molecule has 0 bridgehead atoms. The van der Waals surface area contributed by atoms with Crippen molar-refractivity contribution in [3.8, 4) is 0 Å². The van der Waals surface area contributed by atoms with Gasteiger partial charge in [-0.25, -0.2) is 4.79 Å². The molecule has 2 rings (SSSR count). The van der Waals surface area contributed by atoms with Gasteiger partial charge in [0.25, 0.3) is 0 Å². The fourth-order valence-electron chi connectivity index (χ4n) is 5.63. The lowest BCUT2D eigenvalue weighted by Gasteiger charge is -2.30. The molecule has 1 aliphatic rings. The lowest BCUT2D eigenvalue weighted by Crippen LogP contribution is -2.58. The van der Waals surface area contributed by atoms with Gasteiger partial charge in [0, 0.05) is 19.0 Å². The van der Waals surface area contributed by atoms with Gasteiger partial charge in [0.15, 0.2) is 0 Å². The number of cyclic esters (lactones) is 1. The first-order valence-electron chi connectivity index (χ1n) is 18.3. The maximum absolute atomic E-state index is 13.8. The summed E-state index contributed by atoms with van der Waals surface area (Å²) in [5.74, 6) is -3.92. The zero-order chi connectivity index (χ0) is 38.8. The molecule has 0 unspecified atom stereocenters. The Morgan fingerprint density at radius 2 is 1.60 bits per heavy atom. The van der Waals surface area contributed by atoms with Crippen LogP contribution in [-0.4, -0.2) is 84.2 Å². The van der Waals surface area contributed by atoms with E-state index >= 15 is 0 Å². The zero-order valence-corrected chi connectivity index (χ0v) is 31.7. The number of carbonyl (C=O) groups excluding carboxylic acids is 6. The average Bonchev–Trinajstić information content (AvgIpc) is 3.08. The number of ether oxygens (including phenoxy) is 1. The largest absolute Gasteiger partial charge is 0.450 e. The number of aliphatic hydroxyl groups is 1. The Balaban J connectivity index is 2.18.